The Morgan fingerprint density at radius 1 is 1.25 bits per heavy atom. The monoisotopic (exact) mass is 435 g/mol. The van der Waals surface area contributed by atoms with E-state index in [1.807, 2.05) is 12.1 Å². The maximum atomic E-state index is 13.3. The van der Waals surface area contributed by atoms with Gasteiger partial charge in [0, 0.05) is 31.6 Å². The van der Waals surface area contributed by atoms with Gasteiger partial charge in [0.25, 0.3) is 5.92 Å². The van der Waals surface area contributed by atoms with E-state index in [0.29, 0.717) is 43.3 Å². The van der Waals surface area contributed by atoms with Gasteiger partial charge < -0.3 is 9.42 Å². The molecule has 0 saturated carbocycles. The van der Waals surface area contributed by atoms with Crippen molar-refractivity contribution in [3.05, 3.63) is 30.3 Å². The average molecular weight is 436 g/mol. The Morgan fingerprint density at radius 2 is 2.00 bits per heavy atom. The van der Waals surface area contributed by atoms with Gasteiger partial charge in [0.1, 0.15) is 5.69 Å². The third kappa shape index (κ3) is 4.76. The van der Waals surface area contributed by atoms with Gasteiger partial charge in [-0.15, -0.1) is 24.8 Å². The first-order chi connectivity index (χ1) is 12.5. The average Bonchev–Trinajstić information content (AvgIpc) is 3.29. The number of nitrogens with zero attached hydrogens (tertiary/aromatic N) is 4. The number of aromatic nitrogens is 3. The zero-order valence-electron chi connectivity index (χ0n) is 14.9. The summed E-state index contributed by atoms with van der Waals surface area (Å²) < 4.78 is 31.9. The first-order valence-electron chi connectivity index (χ1n) is 8.67. The van der Waals surface area contributed by atoms with Crippen LogP contribution >= 0.6 is 24.8 Å². The lowest BCUT2D eigenvalue weighted by Crippen LogP contribution is -2.46. The number of rotatable bonds is 3. The van der Waals surface area contributed by atoms with Gasteiger partial charge in [-0.25, -0.2) is 8.78 Å². The van der Waals surface area contributed by atoms with E-state index in [9.17, 15) is 13.6 Å². The molecular weight excluding hydrogens is 415 g/mol. The smallest absolute Gasteiger partial charge is 0.262 e. The van der Waals surface area contributed by atoms with Crippen molar-refractivity contribution >= 4 is 30.7 Å². The van der Waals surface area contributed by atoms with Crippen LogP contribution in [-0.2, 0) is 4.79 Å². The van der Waals surface area contributed by atoms with Crippen LogP contribution in [0.15, 0.2) is 28.9 Å². The molecule has 0 radical (unpaired) electrons. The van der Waals surface area contributed by atoms with Gasteiger partial charge in [0.05, 0.1) is 12.6 Å². The first kappa shape index (κ1) is 22.4. The summed E-state index contributed by atoms with van der Waals surface area (Å²) >= 11 is 0. The molecule has 0 spiro atoms. The minimum absolute atomic E-state index is 0. The minimum Gasteiger partial charge on any atom is -0.341 e. The molecule has 0 bridgehead atoms. The molecule has 154 valence electrons. The Kier molecular flexibility index (Phi) is 7.30. The van der Waals surface area contributed by atoms with Crippen molar-refractivity contribution in [2.24, 2.45) is 0 Å². The summed E-state index contributed by atoms with van der Waals surface area (Å²) in [7, 11) is 0. The highest BCUT2D eigenvalue weighted by molar-refractivity contribution is 5.85. The van der Waals surface area contributed by atoms with E-state index >= 15 is 0 Å². The van der Waals surface area contributed by atoms with Crippen LogP contribution in [0.2, 0.25) is 0 Å². The van der Waals surface area contributed by atoms with Crippen molar-refractivity contribution in [2.75, 3.05) is 19.6 Å². The second-order valence-electron chi connectivity index (χ2n) is 6.76. The van der Waals surface area contributed by atoms with Crippen molar-refractivity contribution in [1.82, 2.24) is 25.3 Å². The standard InChI is InChI=1S/C17H19F2N5O2.2ClH/c18-17(19)9-13(21-10-17)16(25)24-7-4-11(5-8-24)15-22-14(23-26-15)12-3-1-2-6-20-12;;/h1-3,6,11,13,21H,4-5,7-10H2;2*1H. The Labute approximate surface area is 173 Å². The lowest BCUT2D eigenvalue weighted by Gasteiger charge is -2.32. The van der Waals surface area contributed by atoms with E-state index in [1.165, 1.54) is 0 Å². The summed E-state index contributed by atoms with van der Waals surface area (Å²) in [5.41, 5.74) is 0.642. The van der Waals surface area contributed by atoms with Crippen LogP contribution in [0.5, 0.6) is 0 Å². The molecule has 1 unspecified atom stereocenters. The molecule has 2 aromatic rings. The summed E-state index contributed by atoms with van der Waals surface area (Å²) in [4.78, 5) is 22.6. The second kappa shape index (κ2) is 9.11. The lowest BCUT2D eigenvalue weighted by molar-refractivity contribution is -0.134. The van der Waals surface area contributed by atoms with Gasteiger partial charge >= 0.3 is 0 Å². The van der Waals surface area contributed by atoms with E-state index < -0.39 is 24.9 Å². The van der Waals surface area contributed by atoms with Crippen LogP contribution in [0.1, 0.15) is 31.1 Å². The molecule has 4 rings (SSSR count). The maximum absolute atomic E-state index is 13.3. The van der Waals surface area contributed by atoms with Crippen LogP contribution in [0.4, 0.5) is 8.78 Å². The number of piperidine rings is 1. The van der Waals surface area contributed by atoms with Gasteiger partial charge in [-0.3, -0.25) is 15.1 Å². The molecule has 4 heterocycles. The van der Waals surface area contributed by atoms with Gasteiger partial charge in [-0.05, 0) is 25.0 Å². The number of hydrogen-bond acceptors (Lipinski definition) is 6. The molecule has 1 N–H and O–H groups in total. The number of halogens is 4. The zero-order valence-corrected chi connectivity index (χ0v) is 16.5. The zero-order chi connectivity index (χ0) is 18.1. The molecule has 0 aromatic carbocycles. The van der Waals surface area contributed by atoms with Crippen LogP contribution in [0, 0.1) is 0 Å². The van der Waals surface area contributed by atoms with Gasteiger partial charge in [-0.1, -0.05) is 11.2 Å². The molecule has 11 heteroatoms. The van der Waals surface area contributed by atoms with E-state index in [-0.39, 0.29) is 36.6 Å². The molecule has 7 nitrogen and oxygen atoms in total. The Morgan fingerprint density at radius 3 is 2.61 bits per heavy atom. The number of carbonyl (C=O) groups is 1. The number of carbonyl (C=O) groups excluding carboxylic acids is 1. The van der Waals surface area contributed by atoms with Gasteiger partial charge in [0.15, 0.2) is 0 Å². The summed E-state index contributed by atoms with van der Waals surface area (Å²) in [6.45, 7) is 0.557. The van der Waals surface area contributed by atoms with Crippen LogP contribution in [-0.4, -0.2) is 57.5 Å². The third-order valence-electron chi connectivity index (χ3n) is 4.90. The fourth-order valence-electron chi connectivity index (χ4n) is 3.46. The van der Waals surface area contributed by atoms with E-state index in [1.54, 1.807) is 17.2 Å². The number of amides is 1. The molecule has 2 aromatic heterocycles. The predicted molar refractivity (Wildman–Crippen MR) is 102 cm³/mol. The molecule has 1 amide bonds. The summed E-state index contributed by atoms with van der Waals surface area (Å²) in [5, 5.41) is 6.59. The number of hydrogen-bond donors (Lipinski definition) is 1. The highest BCUT2D eigenvalue weighted by Gasteiger charge is 2.44. The van der Waals surface area contributed by atoms with Crippen molar-refractivity contribution in [1.29, 1.82) is 0 Å². The molecule has 2 aliphatic heterocycles. The summed E-state index contributed by atoms with van der Waals surface area (Å²) in [6.07, 6.45) is 2.57. The van der Waals surface area contributed by atoms with E-state index in [4.69, 9.17) is 4.52 Å². The summed E-state index contributed by atoms with van der Waals surface area (Å²) in [5.74, 6) is -2.02. The fraction of sp³-hybridized carbons (Fsp3) is 0.529. The van der Waals surface area contributed by atoms with E-state index in [2.05, 4.69) is 20.4 Å². The largest absolute Gasteiger partial charge is 0.341 e. The molecule has 2 fully saturated rings. The lowest BCUT2D eigenvalue weighted by atomic mass is 9.96. The quantitative estimate of drug-likeness (QED) is 0.797. The Bertz CT molecular complexity index is 785. The van der Waals surface area contributed by atoms with Crippen molar-refractivity contribution in [3.63, 3.8) is 0 Å². The maximum Gasteiger partial charge on any atom is 0.262 e. The molecule has 0 aliphatic carbocycles. The topological polar surface area (TPSA) is 84.2 Å². The summed E-state index contributed by atoms with van der Waals surface area (Å²) in [6, 6.07) is 4.68. The van der Waals surface area contributed by atoms with E-state index in [0.717, 1.165) is 0 Å². The van der Waals surface area contributed by atoms with Crippen LogP contribution in [0.25, 0.3) is 11.5 Å². The highest BCUT2D eigenvalue weighted by Crippen LogP contribution is 2.30. The predicted octanol–water partition coefficient (Wildman–Crippen LogP) is 2.68. The van der Waals surface area contributed by atoms with Crippen molar-refractivity contribution < 1.29 is 18.1 Å². The number of likely N-dealkylation sites (tertiary alicyclic amines) is 1. The van der Waals surface area contributed by atoms with Crippen LogP contribution in [0.3, 0.4) is 0 Å². The normalized spacial score (nSPS) is 21.6. The van der Waals surface area contributed by atoms with Crippen molar-refractivity contribution in [3.8, 4) is 11.5 Å². The minimum atomic E-state index is -2.80. The Hall–Kier alpha value is -1.84. The Balaban J connectivity index is 0.00000140. The number of pyridine rings is 1. The number of nitrogens with one attached hydrogen (secondary N) is 1. The molecule has 28 heavy (non-hydrogen) atoms. The highest BCUT2D eigenvalue weighted by atomic mass is 35.5. The SMILES string of the molecule is Cl.Cl.O=C(C1CC(F)(F)CN1)N1CCC(c2nc(-c3ccccn3)no2)CC1. The van der Waals surface area contributed by atoms with Crippen LogP contribution < -0.4 is 5.32 Å². The third-order valence-corrected chi connectivity index (χ3v) is 4.90. The van der Waals surface area contributed by atoms with Gasteiger partial charge in [0.2, 0.25) is 17.6 Å². The molecule has 1 atom stereocenters. The fourth-order valence-corrected chi connectivity index (χ4v) is 3.46. The first-order valence-corrected chi connectivity index (χ1v) is 8.67. The molecular formula is C17H21Cl2F2N5O2. The molecule has 2 aliphatic rings. The van der Waals surface area contributed by atoms with Gasteiger partial charge in [-0.2, -0.15) is 4.98 Å². The number of alkyl halides is 2. The van der Waals surface area contributed by atoms with Crippen molar-refractivity contribution in [2.45, 2.75) is 37.1 Å². The molecule has 2 saturated heterocycles. The second-order valence-corrected chi connectivity index (χ2v) is 6.76.